The molecule has 0 radical (unpaired) electrons. The van der Waals surface area contributed by atoms with E-state index in [1.807, 2.05) is 0 Å². The Labute approximate surface area is 93.4 Å². The number of carbonyl (C=O) groups is 1. The molecular weight excluding hydrogens is 213 g/mol. The number of benzene rings is 1. The quantitative estimate of drug-likeness (QED) is 0.779. The molecule has 0 fully saturated rings. The van der Waals surface area contributed by atoms with Crippen molar-refractivity contribution in [2.45, 2.75) is 6.42 Å². The van der Waals surface area contributed by atoms with E-state index in [-0.39, 0.29) is 12.4 Å². The average molecular weight is 227 g/mol. The smallest absolute Gasteiger partial charge is 0.307 e. The first-order valence-corrected chi connectivity index (χ1v) is 4.81. The molecule has 0 aliphatic heterocycles. The molecule has 88 valence electrons. The maximum Gasteiger partial charge on any atom is 0.307 e. The fourth-order valence-corrected chi connectivity index (χ4v) is 1.17. The average Bonchev–Trinajstić information content (AvgIpc) is 2.30. The zero-order valence-electron chi connectivity index (χ0n) is 9.25. The van der Waals surface area contributed by atoms with E-state index >= 15 is 0 Å². The molecule has 0 saturated heterocycles. The van der Waals surface area contributed by atoms with Crippen LogP contribution in [0.15, 0.2) is 18.2 Å². The molecular formula is C11H14FNO3. The van der Waals surface area contributed by atoms with Crippen LogP contribution < -0.4 is 10.1 Å². The summed E-state index contributed by atoms with van der Waals surface area (Å²) in [6.45, 7) is 0.329. The number of anilines is 1. The minimum atomic E-state index is -0.413. The summed E-state index contributed by atoms with van der Waals surface area (Å²) in [5.74, 6) is -0.290. The Morgan fingerprint density at radius 3 is 2.75 bits per heavy atom. The van der Waals surface area contributed by atoms with Crippen molar-refractivity contribution in [3.63, 3.8) is 0 Å². The van der Waals surface area contributed by atoms with Gasteiger partial charge in [0.25, 0.3) is 0 Å². The van der Waals surface area contributed by atoms with Crippen molar-refractivity contribution in [3.05, 3.63) is 24.0 Å². The van der Waals surface area contributed by atoms with Crippen LogP contribution in [-0.2, 0) is 9.53 Å². The lowest BCUT2D eigenvalue weighted by Crippen LogP contribution is -2.10. The summed E-state index contributed by atoms with van der Waals surface area (Å²) in [7, 11) is 2.79. The molecule has 1 N–H and O–H groups in total. The van der Waals surface area contributed by atoms with Gasteiger partial charge in [0.15, 0.2) is 0 Å². The lowest BCUT2D eigenvalue weighted by atomic mass is 10.3. The van der Waals surface area contributed by atoms with E-state index in [1.165, 1.54) is 20.3 Å². The summed E-state index contributed by atoms with van der Waals surface area (Å²) in [6.07, 6.45) is 0.196. The van der Waals surface area contributed by atoms with Crippen molar-refractivity contribution < 1.29 is 18.7 Å². The first kappa shape index (κ1) is 12.3. The molecule has 16 heavy (non-hydrogen) atoms. The molecule has 4 nitrogen and oxygen atoms in total. The van der Waals surface area contributed by atoms with Crippen molar-refractivity contribution >= 4 is 11.7 Å². The predicted octanol–water partition coefficient (Wildman–Crippen LogP) is 1.81. The van der Waals surface area contributed by atoms with Crippen LogP contribution in [0.5, 0.6) is 5.75 Å². The van der Waals surface area contributed by atoms with Crippen LogP contribution in [0, 0.1) is 5.82 Å². The molecule has 1 aromatic carbocycles. The van der Waals surface area contributed by atoms with E-state index in [0.29, 0.717) is 18.0 Å². The van der Waals surface area contributed by atoms with Crippen molar-refractivity contribution in [1.29, 1.82) is 0 Å². The summed E-state index contributed by atoms with van der Waals surface area (Å²) in [5.41, 5.74) is 0.338. The monoisotopic (exact) mass is 227 g/mol. The van der Waals surface area contributed by atoms with Gasteiger partial charge in [0.1, 0.15) is 11.6 Å². The number of carbonyl (C=O) groups excluding carboxylic acids is 1. The largest absolute Gasteiger partial charge is 0.497 e. The highest BCUT2D eigenvalue weighted by molar-refractivity contribution is 5.69. The standard InChI is InChI=1S/C11H14FNO3/c1-15-8-3-4-10(9(12)7-8)13-6-5-11(14)16-2/h3-4,7,13H,5-6H2,1-2H3. The molecule has 0 spiro atoms. The maximum atomic E-state index is 13.4. The third-order valence-electron chi connectivity index (χ3n) is 2.05. The Morgan fingerprint density at radius 2 is 2.19 bits per heavy atom. The second-order valence-corrected chi connectivity index (χ2v) is 3.10. The SMILES string of the molecule is COC(=O)CCNc1ccc(OC)cc1F. The van der Waals surface area contributed by atoms with E-state index in [2.05, 4.69) is 10.1 Å². The fourth-order valence-electron chi connectivity index (χ4n) is 1.17. The Bertz CT molecular complexity index is 368. The second kappa shape index (κ2) is 5.95. The van der Waals surface area contributed by atoms with Crippen LogP contribution >= 0.6 is 0 Å². The first-order valence-electron chi connectivity index (χ1n) is 4.81. The minimum Gasteiger partial charge on any atom is -0.497 e. The van der Waals surface area contributed by atoms with Crippen LogP contribution in [0.3, 0.4) is 0 Å². The van der Waals surface area contributed by atoms with Crippen molar-refractivity contribution in [2.24, 2.45) is 0 Å². The topological polar surface area (TPSA) is 47.6 Å². The Balaban J connectivity index is 2.51. The van der Waals surface area contributed by atoms with Crippen LogP contribution in [0.2, 0.25) is 0 Å². The Hall–Kier alpha value is -1.78. The van der Waals surface area contributed by atoms with Gasteiger partial charge in [0.05, 0.1) is 26.3 Å². The highest BCUT2D eigenvalue weighted by Gasteiger charge is 2.04. The van der Waals surface area contributed by atoms with Gasteiger partial charge >= 0.3 is 5.97 Å². The molecule has 0 bridgehead atoms. The van der Waals surface area contributed by atoms with E-state index in [4.69, 9.17) is 4.74 Å². The van der Waals surface area contributed by atoms with Crippen molar-refractivity contribution in [2.75, 3.05) is 26.1 Å². The molecule has 0 atom stereocenters. The number of esters is 1. The second-order valence-electron chi connectivity index (χ2n) is 3.10. The zero-order valence-corrected chi connectivity index (χ0v) is 9.25. The summed E-state index contributed by atoms with van der Waals surface area (Å²) >= 11 is 0. The Morgan fingerprint density at radius 1 is 1.44 bits per heavy atom. The van der Waals surface area contributed by atoms with Gasteiger partial charge in [0, 0.05) is 12.6 Å². The van der Waals surface area contributed by atoms with Gasteiger partial charge in [-0.1, -0.05) is 0 Å². The fraction of sp³-hybridized carbons (Fsp3) is 0.364. The van der Waals surface area contributed by atoms with Gasteiger partial charge in [-0.15, -0.1) is 0 Å². The highest BCUT2D eigenvalue weighted by atomic mass is 19.1. The number of hydrogen-bond acceptors (Lipinski definition) is 4. The third-order valence-corrected chi connectivity index (χ3v) is 2.05. The van der Waals surface area contributed by atoms with E-state index in [9.17, 15) is 9.18 Å². The minimum absolute atomic E-state index is 0.196. The summed E-state index contributed by atoms with van der Waals surface area (Å²) in [5, 5.41) is 2.80. The van der Waals surface area contributed by atoms with Gasteiger partial charge < -0.3 is 14.8 Å². The summed E-state index contributed by atoms with van der Waals surface area (Å²) in [4.78, 5) is 10.8. The molecule has 0 unspecified atom stereocenters. The lowest BCUT2D eigenvalue weighted by molar-refractivity contribution is -0.140. The van der Waals surface area contributed by atoms with Gasteiger partial charge in [-0.3, -0.25) is 4.79 Å². The lowest BCUT2D eigenvalue weighted by Gasteiger charge is -2.08. The number of hydrogen-bond donors (Lipinski definition) is 1. The van der Waals surface area contributed by atoms with E-state index in [1.54, 1.807) is 12.1 Å². The molecule has 0 saturated carbocycles. The molecule has 1 aromatic rings. The normalized spacial score (nSPS) is 9.69. The number of methoxy groups -OCH3 is 2. The van der Waals surface area contributed by atoms with E-state index < -0.39 is 5.82 Å². The molecule has 5 heteroatoms. The molecule has 0 heterocycles. The number of halogens is 1. The molecule has 0 aliphatic rings. The van der Waals surface area contributed by atoms with Crippen molar-refractivity contribution in [1.82, 2.24) is 0 Å². The van der Waals surface area contributed by atoms with Gasteiger partial charge in [-0.05, 0) is 12.1 Å². The molecule has 0 aliphatic carbocycles. The van der Waals surface area contributed by atoms with Crippen LogP contribution in [0.1, 0.15) is 6.42 Å². The van der Waals surface area contributed by atoms with Gasteiger partial charge in [-0.25, -0.2) is 4.39 Å². The third kappa shape index (κ3) is 3.42. The summed E-state index contributed by atoms with van der Waals surface area (Å²) < 4.78 is 22.7. The number of rotatable bonds is 5. The molecule has 0 amide bonds. The number of nitrogens with one attached hydrogen (secondary N) is 1. The summed E-state index contributed by atoms with van der Waals surface area (Å²) in [6, 6.07) is 4.48. The molecule has 0 aromatic heterocycles. The maximum absolute atomic E-state index is 13.4. The van der Waals surface area contributed by atoms with Crippen molar-refractivity contribution in [3.8, 4) is 5.75 Å². The van der Waals surface area contributed by atoms with Gasteiger partial charge in [0.2, 0.25) is 0 Å². The van der Waals surface area contributed by atoms with E-state index in [0.717, 1.165) is 0 Å². The van der Waals surface area contributed by atoms with Gasteiger partial charge in [-0.2, -0.15) is 0 Å². The molecule has 1 rings (SSSR count). The predicted molar refractivity (Wildman–Crippen MR) is 58.1 cm³/mol. The number of ether oxygens (including phenoxy) is 2. The zero-order chi connectivity index (χ0) is 12.0. The first-order chi connectivity index (χ1) is 7.67. The Kier molecular flexibility index (Phi) is 4.57. The highest BCUT2D eigenvalue weighted by Crippen LogP contribution is 2.20. The van der Waals surface area contributed by atoms with Crippen LogP contribution in [-0.4, -0.2) is 26.7 Å². The van der Waals surface area contributed by atoms with Crippen LogP contribution in [0.25, 0.3) is 0 Å². The van der Waals surface area contributed by atoms with Crippen LogP contribution in [0.4, 0.5) is 10.1 Å².